The van der Waals surface area contributed by atoms with Gasteiger partial charge in [-0.05, 0) is 72.2 Å². The fourth-order valence-corrected chi connectivity index (χ4v) is 4.93. The first-order valence-electron chi connectivity index (χ1n) is 10.8. The van der Waals surface area contributed by atoms with Crippen LogP contribution in [-0.2, 0) is 17.6 Å². The van der Waals surface area contributed by atoms with Gasteiger partial charge in [0.05, 0.1) is 12.1 Å². The number of anilines is 1. The number of halogens is 2. The molecule has 0 unspecified atom stereocenters. The number of fused-ring (bicyclic) bond motifs is 1. The van der Waals surface area contributed by atoms with E-state index in [4.69, 9.17) is 28.9 Å². The molecule has 0 saturated carbocycles. The van der Waals surface area contributed by atoms with E-state index in [1.165, 1.54) is 11.1 Å². The standard InChI is InChI=1S/C26H27Cl2N3O/c1-16-11-21(27)19(22(28)12-16)15-23(29)26(32)31-25-9-10-30-24-8-7-18(14-20(24)25)13-17-5-3-2-4-6-17/h2-8,11-12,14,23,25,30H,9-10,13,15,29H2,1H3,(H,31,32)/t23-,25+/m0/s1. The Morgan fingerprint density at radius 3 is 2.53 bits per heavy atom. The molecule has 4 rings (SSSR count). The molecule has 1 aliphatic heterocycles. The Bertz CT molecular complexity index is 1090. The number of nitrogens with one attached hydrogen (secondary N) is 2. The van der Waals surface area contributed by atoms with Gasteiger partial charge in [-0.25, -0.2) is 0 Å². The van der Waals surface area contributed by atoms with Crippen molar-refractivity contribution in [1.82, 2.24) is 5.32 Å². The molecule has 0 bridgehead atoms. The van der Waals surface area contributed by atoms with Crippen LogP contribution in [0.3, 0.4) is 0 Å². The quantitative estimate of drug-likeness (QED) is 0.452. The number of benzene rings is 3. The Hall–Kier alpha value is -2.53. The second-order valence-corrected chi connectivity index (χ2v) is 9.19. The lowest BCUT2D eigenvalue weighted by Crippen LogP contribution is -2.44. The molecular formula is C26H27Cl2N3O. The second kappa shape index (κ2) is 9.95. The van der Waals surface area contributed by atoms with Gasteiger partial charge in [0.1, 0.15) is 0 Å². The Morgan fingerprint density at radius 1 is 1.09 bits per heavy atom. The van der Waals surface area contributed by atoms with Crippen LogP contribution < -0.4 is 16.4 Å². The molecule has 0 radical (unpaired) electrons. The highest BCUT2D eigenvalue weighted by molar-refractivity contribution is 6.36. The average Bonchev–Trinajstić information content (AvgIpc) is 2.77. The molecule has 1 aliphatic rings. The maximum Gasteiger partial charge on any atom is 0.237 e. The first-order valence-corrected chi connectivity index (χ1v) is 11.6. The highest BCUT2D eigenvalue weighted by Crippen LogP contribution is 2.32. The lowest BCUT2D eigenvalue weighted by Gasteiger charge is -2.29. The van der Waals surface area contributed by atoms with Crippen molar-refractivity contribution in [2.24, 2.45) is 5.73 Å². The first-order chi connectivity index (χ1) is 15.4. The van der Waals surface area contributed by atoms with E-state index in [1.54, 1.807) is 0 Å². The third-order valence-corrected chi connectivity index (χ3v) is 6.53. The van der Waals surface area contributed by atoms with E-state index in [2.05, 4.69) is 41.0 Å². The number of rotatable bonds is 6. The van der Waals surface area contributed by atoms with Crippen LogP contribution in [0.25, 0.3) is 0 Å². The molecule has 2 atom stereocenters. The van der Waals surface area contributed by atoms with Crippen LogP contribution in [0.1, 0.15) is 40.3 Å². The zero-order chi connectivity index (χ0) is 22.7. The molecule has 0 saturated heterocycles. The van der Waals surface area contributed by atoms with Gasteiger partial charge in [0.2, 0.25) is 5.91 Å². The van der Waals surface area contributed by atoms with Crippen LogP contribution in [0.2, 0.25) is 10.0 Å². The molecule has 0 spiro atoms. The zero-order valence-corrected chi connectivity index (χ0v) is 19.5. The predicted molar refractivity (Wildman–Crippen MR) is 133 cm³/mol. The van der Waals surface area contributed by atoms with Gasteiger partial charge in [0.15, 0.2) is 0 Å². The largest absolute Gasteiger partial charge is 0.385 e. The van der Waals surface area contributed by atoms with E-state index in [0.717, 1.165) is 36.2 Å². The molecule has 6 heteroatoms. The Labute approximate surface area is 199 Å². The van der Waals surface area contributed by atoms with Gasteiger partial charge < -0.3 is 16.4 Å². The maximum absolute atomic E-state index is 12.9. The molecule has 4 nitrogen and oxygen atoms in total. The number of carbonyl (C=O) groups is 1. The minimum atomic E-state index is -0.737. The van der Waals surface area contributed by atoms with Gasteiger partial charge in [0.25, 0.3) is 0 Å². The molecule has 32 heavy (non-hydrogen) atoms. The van der Waals surface area contributed by atoms with Crippen molar-refractivity contribution in [1.29, 1.82) is 0 Å². The number of hydrogen-bond donors (Lipinski definition) is 3. The average molecular weight is 468 g/mol. The van der Waals surface area contributed by atoms with Crippen LogP contribution in [-0.4, -0.2) is 18.5 Å². The monoisotopic (exact) mass is 467 g/mol. The first kappa shape index (κ1) is 22.7. The summed E-state index contributed by atoms with van der Waals surface area (Å²) in [5.41, 5.74) is 12.5. The normalized spacial score (nSPS) is 16.1. The fraction of sp³-hybridized carbons (Fsp3) is 0.269. The van der Waals surface area contributed by atoms with E-state index >= 15 is 0 Å². The van der Waals surface area contributed by atoms with Crippen molar-refractivity contribution in [3.05, 3.63) is 98.5 Å². The molecule has 0 aliphatic carbocycles. The third-order valence-electron chi connectivity index (χ3n) is 5.85. The van der Waals surface area contributed by atoms with Gasteiger partial charge in [0, 0.05) is 22.3 Å². The molecule has 0 fully saturated rings. The van der Waals surface area contributed by atoms with Gasteiger partial charge in [-0.3, -0.25) is 4.79 Å². The van der Waals surface area contributed by atoms with E-state index in [0.29, 0.717) is 15.6 Å². The Morgan fingerprint density at radius 2 is 1.81 bits per heavy atom. The van der Waals surface area contributed by atoms with E-state index in [-0.39, 0.29) is 18.4 Å². The van der Waals surface area contributed by atoms with Crippen LogP contribution in [0.4, 0.5) is 5.69 Å². The molecule has 3 aromatic rings. The summed E-state index contributed by atoms with van der Waals surface area (Å²) in [4.78, 5) is 12.9. The summed E-state index contributed by atoms with van der Waals surface area (Å²) < 4.78 is 0. The lowest BCUT2D eigenvalue weighted by molar-refractivity contribution is -0.123. The molecule has 4 N–H and O–H groups in total. The Balaban J connectivity index is 1.48. The van der Waals surface area contributed by atoms with Crippen LogP contribution in [0.15, 0.2) is 60.7 Å². The van der Waals surface area contributed by atoms with E-state index in [9.17, 15) is 4.79 Å². The number of aryl methyl sites for hydroxylation is 1. The van der Waals surface area contributed by atoms with Crippen molar-refractivity contribution in [3.63, 3.8) is 0 Å². The molecule has 1 amide bonds. The Kier molecular flexibility index (Phi) is 7.04. The molecule has 3 aromatic carbocycles. The smallest absolute Gasteiger partial charge is 0.237 e. The van der Waals surface area contributed by atoms with E-state index < -0.39 is 6.04 Å². The molecule has 0 aromatic heterocycles. The highest BCUT2D eigenvalue weighted by Gasteiger charge is 2.25. The summed E-state index contributed by atoms with van der Waals surface area (Å²) in [7, 11) is 0. The number of nitrogens with two attached hydrogens (primary N) is 1. The number of hydrogen-bond acceptors (Lipinski definition) is 3. The molecule has 1 heterocycles. The summed E-state index contributed by atoms with van der Waals surface area (Å²) in [6.45, 7) is 2.72. The summed E-state index contributed by atoms with van der Waals surface area (Å²) in [6, 6.07) is 19.6. The SMILES string of the molecule is Cc1cc(Cl)c(C[C@H](N)C(=O)N[C@@H]2CCNc3ccc(Cc4ccccc4)cc32)c(Cl)c1. The summed E-state index contributed by atoms with van der Waals surface area (Å²) >= 11 is 12.7. The van der Waals surface area contributed by atoms with Gasteiger partial charge in [-0.1, -0.05) is 65.7 Å². The number of carbonyl (C=O) groups excluding carboxylic acids is 1. The third kappa shape index (κ3) is 5.26. The minimum absolute atomic E-state index is 0.0931. The van der Waals surface area contributed by atoms with Gasteiger partial charge >= 0.3 is 0 Å². The van der Waals surface area contributed by atoms with Crippen molar-refractivity contribution >= 4 is 34.8 Å². The minimum Gasteiger partial charge on any atom is -0.385 e. The maximum atomic E-state index is 12.9. The molecular weight excluding hydrogens is 441 g/mol. The lowest BCUT2D eigenvalue weighted by atomic mass is 9.93. The van der Waals surface area contributed by atoms with Crippen molar-refractivity contribution in [2.75, 3.05) is 11.9 Å². The topological polar surface area (TPSA) is 67.2 Å². The second-order valence-electron chi connectivity index (χ2n) is 8.38. The molecule has 166 valence electrons. The van der Waals surface area contributed by atoms with Crippen molar-refractivity contribution in [3.8, 4) is 0 Å². The summed E-state index contributed by atoms with van der Waals surface area (Å²) in [5, 5.41) is 7.65. The van der Waals surface area contributed by atoms with Crippen LogP contribution >= 0.6 is 23.2 Å². The van der Waals surface area contributed by atoms with Crippen molar-refractivity contribution in [2.45, 2.75) is 38.3 Å². The van der Waals surface area contributed by atoms with Gasteiger partial charge in [-0.15, -0.1) is 0 Å². The summed E-state index contributed by atoms with van der Waals surface area (Å²) in [6.07, 6.45) is 1.93. The van der Waals surface area contributed by atoms with Gasteiger partial charge in [-0.2, -0.15) is 0 Å². The zero-order valence-electron chi connectivity index (χ0n) is 18.0. The van der Waals surface area contributed by atoms with Crippen LogP contribution in [0.5, 0.6) is 0 Å². The van der Waals surface area contributed by atoms with Crippen molar-refractivity contribution < 1.29 is 4.79 Å². The van der Waals surface area contributed by atoms with Crippen LogP contribution in [0, 0.1) is 6.92 Å². The number of amides is 1. The predicted octanol–water partition coefficient (Wildman–Crippen LogP) is 5.44. The van der Waals surface area contributed by atoms with E-state index in [1.807, 2.05) is 37.3 Å². The highest BCUT2D eigenvalue weighted by atomic mass is 35.5. The summed E-state index contributed by atoms with van der Waals surface area (Å²) in [5.74, 6) is -0.205. The fourth-order valence-electron chi connectivity index (χ4n) is 4.18.